The van der Waals surface area contributed by atoms with Crippen molar-refractivity contribution in [3.05, 3.63) is 0 Å². The van der Waals surface area contributed by atoms with Gasteiger partial charge in [0.05, 0.1) is 6.61 Å². The van der Waals surface area contributed by atoms with Crippen LogP contribution in [0.25, 0.3) is 0 Å². The molecule has 2 heterocycles. The fourth-order valence-corrected chi connectivity index (χ4v) is 3.59. The quantitative estimate of drug-likeness (QED) is 0.833. The van der Waals surface area contributed by atoms with Crippen molar-refractivity contribution in [2.75, 3.05) is 26.2 Å². The number of piperidine rings is 1. The predicted octanol–water partition coefficient (Wildman–Crippen LogP) is 2.22. The molecule has 3 aliphatic rings. The van der Waals surface area contributed by atoms with Crippen LogP contribution in [0.5, 0.6) is 0 Å². The van der Waals surface area contributed by atoms with Crippen LogP contribution in [0.4, 0.5) is 0 Å². The molecule has 0 radical (unpaired) electrons. The van der Waals surface area contributed by atoms with Crippen LogP contribution in [0.15, 0.2) is 0 Å². The number of hydrogen-bond acceptors (Lipinski definition) is 3. The van der Waals surface area contributed by atoms with Gasteiger partial charge in [-0.25, -0.2) is 0 Å². The van der Waals surface area contributed by atoms with E-state index >= 15 is 0 Å². The van der Waals surface area contributed by atoms with Crippen LogP contribution in [-0.4, -0.2) is 42.9 Å². The monoisotopic (exact) mass is 252 g/mol. The van der Waals surface area contributed by atoms with Crippen molar-refractivity contribution in [3.63, 3.8) is 0 Å². The van der Waals surface area contributed by atoms with Crippen LogP contribution in [0.3, 0.4) is 0 Å². The molecule has 1 aliphatic carbocycles. The van der Waals surface area contributed by atoms with E-state index in [9.17, 15) is 0 Å². The van der Waals surface area contributed by atoms with Crippen LogP contribution in [0.2, 0.25) is 0 Å². The first-order chi connectivity index (χ1) is 8.67. The molecule has 3 fully saturated rings. The average molecular weight is 252 g/mol. The third kappa shape index (κ3) is 2.89. The van der Waals surface area contributed by atoms with Gasteiger partial charge in [-0.15, -0.1) is 0 Å². The normalized spacial score (nSPS) is 33.2. The van der Waals surface area contributed by atoms with Gasteiger partial charge >= 0.3 is 0 Å². The maximum absolute atomic E-state index is 6.13. The first kappa shape index (κ1) is 12.9. The molecule has 1 saturated carbocycles. The first-order valence-electron chi connectivity index (χ1n) is 7.81. The molecule has 0 bridgehead atoms. The molecular weight excluding hydrogens is 224 g/mol. The van der Waals surface area contributed by atoms with Crippen LogP contribution in [0, 0.1) is 11.8 Å². The number of rotatable bonds is 3. The Kier molecular flexibility index (Phi) is 3.65. The van der Waals surface area contributed by atoms with Gasteiger partial charge in [-0.3, -0.25) is 5.32 Å². The Labute approximate surface area is 111 Å². The van der Waals surface area contributed by atoms with Gasteiger partial charge in [0.25, 0.3) is 0 Å². The van der Waals surface area contributed by atoms with Gasteiger partial charge in [0.1, 0.15) is 5.72 Å². The predicted molar refractivity (Wildman–Crippen MR) is 73.5 cm³/mol. The highest BCUT2D eigenvalue weighted by Crippen LogP contribution is 2.38. The highest BCUT2D eigenvalue weighted by molar-refractivity contribution is 4.96. The van der Waals surface area contributed by atoms with E-state index in [1.54, 1.807) is 0 Å². The van der Waals surface area contributed by atoms with E-state index in [2.05, 4.69) is 24.1 Å². The number of hydrogen-bond donors (Lipinski definition) is 1. The van der Waals surface area contributed by atoms with Gasteiger partial charge in [0.15, 0.2) is 0 Å². The molecule has 104 valence electrons. The summed E-state index contributed by atoms with van der Waals surface area (Å²) in [6.07, 6.45) is 6.44. The third-order valence-corrected chi connectivity index (χ3v) is 4.73. The highest BCUT2D eigenvalue weighted by atomic mass is 16.5. The number of nitrogens with one attached hydrogen (secondary N) is 1. The fourth-order valence-electron chi connectivity index (χ4n) is 3.59. The Hall–Kier alpha value is -0.120. The summed E-state index contributed by atoms with van der Waals surface area (Å²) >= 11 is 0. The van der Waals surface area contributed by atoms with E-state index in [1.807, 2.05) is 0 Å². The molecule has 1 unspecified atom stereocenters. The van der Waals surface area contributed by atoms with Crippen molar-refractivity contribution >= 4 is 0 Å². The SMILES string of the molecule is CC(C)CN1CCC2(CC1)NC(C1CC1)CCO2. The summed E-state index contributed by atoms with van der Waals surface area (Å²) < 4.78 is 6.13. The minimum absolute atomic E-state index is 0.0268. The number of likely N-dealkylation sites (tertiary alicyclic amines) is 1. The van der Waals surface area contributed by atoms with Crippen LogP contribution in [-0.2, 0) is 4.74 Å². The smallest absolute Gasteiger partial charge is 0.121 e. The summed E-state index contributed by atoms with van der Waals surface area (Å²) in [5, 5.41) is 3.86. The lowest BCUT2D eigenvalue weighted by molar-refractivity contribution is -0.142. The first-order valence-corrected chi connectivity index (χ1v) is 7.81. The molecule has 2 saturated heterocycles. The zero-order chi connectivity index (χ0) is 12.6. The Morgan fingerprint density at radius 3 is 2.56 bits per heavy atom. The van der Waals surface area contributed by atoms with E-state index in [-0.39, 0.29) is 5.72 Å². The number of ether oxygens (including phenoxy) is 1. The third-order valence-electron chi connectivity index (χ3n) is 4.73. The molecule has 2 aliphatic heterocycles. The lowest BCUT2D eigenvalue weighted by Crippen LogP contribution is -2.61. The van der Waals surface area contributed by atoms with Gasteiger partial charge in [0, 0.05) is 38.5 Å². The Balaban J connectivity index is 1.53. The second-order valence-corrected chi connectivity index (χ2v) is 6.91. The average Bonchev–Trinajstić information content (AvgIpc) is 3.16. The van der Waals surface area contributed by atoms with Gasteiger partial charge in [-0.1, -0.05) is 13.8 Å². The molecule has 3 nitrogen and oxygen atoms in total. The molecule has 1 spiro atoms. The topological polar surface area (TPSA) is 24.5 Å². The summed E-state index contributed by atoms with van der Waals surface area (Å²) in [5.74, 6) is 1.73. The summed E-state index contributed by atoms with van der Waals surface area (Å²) in [7, 11) is 0. The summed E-state index contributed by atoms with van der Waals surface area (Å²) in [5.41, 5.74) is 0.0268. The zero-order valence-corrected chi connectivity index (χ0v) is 12.0. The standard InChI is InChI=1S/C15H28N2O/c1-12(2)11-17-8-6-15(7-9-17)16-14(5-10-18-15)13-3-4-13/h12-14,16H,3-11H2,1-2H3. The minimum Gasteiger partial charge on any atom is -0.360 e. The van der Waals surface area contributed by atoms with Crippen molar-refractivity contribution in [2.45, 2.75) is 57.7 Å². The Morgan fingerprint density at radius 2 is 1.94 bits per heavy atom. The molecule has 0 aromatic carbocycles. The van der Waals surface area contributed by atoms with Crippen LogP contribution in [0.1, 0.15) is 46.0 Å². The summed E-state index contributed by atoms with van der Waals surface area (Å²) in [6, 6.07) is 0.746. The maximum Gasteiger partial charge on any atom is 0.121 e. The minimum atomic E-state index is 0.0268. The summed E-state index contributed by atoms with van der Waals surface area (Å²) in [6.45, 7) is 9.22. The lowest BCUT2D eigenvalue weighted by atomic mass is 9.94. The second kappa shape index (κ2) is 5.10. The highest BCUT2D eigenvalue weighted by Gasteiger charge is 2.43. The zero-order valence-electron chi connectivity index (χ0n) is 12.0. The van der Waals surface area contributed by atoms with Crippen LogP contribution < -0.4 is 5.32 Å². The van der Waals surface area contributed by atoms with E-state index in [4.69, 9.17) is 4.74 Å². The molecule has 0 amide bonds. The molecule has 1 N–H and O–H groups in total. The molecular formula is C15H28N2O. The lowest BCUT2D eigenvalue weighted by Gasteiger charge is -2.47. The molecule has 3 heteroatoms. The molecule has 0 aromatic heterocycles. The van der Waals surface area contributed by atoms with Gasteiger partial charge in [-0.2, -0.15) is 0 Å². The largest absolute Gasteiger partial charge is 0.360 e. The van der Waals surface area contributed by atoms with Crippen molar-refractivity contribution in [2.24, 2.45) is 11.8 Å². The Morgan fingerprint density at radius 1 is 1.22 bits per heavy atom. The molecule has 18 heavy (non-hydrogen) atoms. The van der Waals surface area contributed by atoms with E-state index in [0.29, 0.717) is 0 Å². The van der Waals surface area contributed by atoms with Gasteiger partial charge < -0.3 is 9.64 Å². The van der Waals surface area contributed by atoms with Crippen molar-refractivity contribution in [1.82, 2.24) is 10.2 Å². The van der Waals surface area contributed by atoms with Crippen molar-refractivity contribution in [3.8, 4) is 0 Å². The van der Waals surface area contributed by atoms with E-state index in [1.165, 1.54) is 51.7 Å². The van der Waals surface area contributed by atoms with Crippen molar-refractivity contribution < 1.29 is 4.74 Å². The molecule has 0 aromatic rings. The van der Waals surface area contributed by atoms with Crippen molar-refractivity contribution in [1.29, 1.82) is 0 Å². The molecule has 3 rings (SSSR count). The fraction of sp³-hybridized carbons (Fsp3) is 1.00. The second-order valence-electron chi connectivity index (χ2n) is 6.91. The van der Waals surface area contributed by atoms with Gasteiger partial charge in [-0.05, 0) is 31.1 Å². The Bertz CT molecular complexity index is 280. The van der Waals surface area contributed by atoms with Gasteiger partial charge in [0.2, 0.25) is 0 Å². The maximum atomic E-state index is 6.13. The van der Waals surface area contributed by atoms with E-state index < -0.39 is 0 Å². The van der Waals surface area contributed by atoms with Crippen LogP contribution >= 0.6 is 0 Å². The molecule has 1 atom stereocenters. The number of nitrogens with zero attached hydrogens (tertiary/aromatic N) is 1. The van der Waals surface area contributed by atoms with E-state index in [0.717, 1.165) is 24.5 Å². The summed E-state index contributed by atoms with van der Waals surface area (Å²) in [4.78, 5) is 2.60.